The molecule has 1 aliphatic rings. The Morgan fingerprint density at radius 2 is 1.83 bits per heavy atom. The van der Waals surface area contributed by atoms with Crippen LogP contribution in [0.4, 0.5) is 5.69 Å². The SMILES string of the molecule is CN(C)CCN1C(=O)C(=O)/C(=C(/O)c2ccccc2)[C@H]1c1cccc([N+](=O)[O-])c1. The maximum absolute atomic E-state index is 12.8. The molecule has 0 unspecified atom stereocenters. The van der Waals surface area contributed by atoms with Gasteiger partial charge in [-0.25, -0.2) is 0 Å². The van der Waals surface area contributed by atoms with Crippen molar-refractivity contribution in [2.45, 2.75) is 6.04 Å². The zero-order chi connectivity index (χ0) is 21.1. The topological polar surface area (TPSA) is 104 Å². The first-order chi connectivity index (χ1) is 13.8. The molecule has 2 aromatic carbocycles. The minimum Gasteiger partial charge on any atom is -0.507 e. The molecule has 0 aromatic heterocycles. The van der Waals surface area contributed by atoms with Crippen LogP contribution in [0.25, 0.3) is 5.76 Å². The van der Waals surface area contributed by atoms with E-state index in [0.29, 0.717) is 17.7 Å². The van der Waals surface area contributed by atoms with E-state index in [1.165, 1.54) is 23.1 Å². The number of nitro groups is 1. The number of ketones is 1. The molecule has 1 atom stereocenters. The number of carbonyl (C=O) groups excluding carboxylic acids is 2. The molecule has 1 fully saturated rings. The zero-order valence-electron chi connectivity index (χ0n) is 16.1. The molecule has 0 spiro atoms. The molecule has 1 saturated heterocycles. The summed E-state index contributed by atoms with van der Waals surface area (Å²) >= 11 is 0. The van der Waals surface area contributed by atoms with E-state index < -0.39 is 22.7 Å². The van der Waals surface area contributed by atoms with E-state index in [1.54, 1.807) is 36.4 Å². The predicted octanol–water partition coefficient (Wildman–Crippen LogP) is 2.58. The highest BCUT2D eigenvalue weighted by Gasteiger charge is 2.46. The third kappa shape index (κ3) is 4.02. The van der Waals surface area contributed by atoms with Gasteiger partial charge < -0.3 is 14.9 Å². The summed E-state index contributed by atoms with van der Waals surface area (Å²) in [6.45, 7) is 0.723. The Hall–Kier alpha value is -3.52. The van der Waals surface area contributed by atoms with Crippen LogP contribution in [-0.2, 0) is 9.59 Å². The highest BCUT2D eigenvalue weighted by Crippen LogP contribution is 2.39. The number of likely N-dealkylation sites (N-methyl/N-ethyl adjacent to an activating group) is 1. The Morgan fingerprint density at radius 3 is 2.45 bits per heavy atom. The number of Topliss-reactive ketones (excluding diaryl/α,β-unsaturated/α-hetero) is 1. The Morgan fingerprint density at radius 1 is 1.14 bits per heavy atom. The molecule has 1 aliphatic heterocycles. The third-order valence-corrected chi connectivity index (χ3v) is 4.77. The standard InChI is InChI=1S/C21H21N3O5/c1-22(2)11-12-23-18(15-9-6-10-16(13-15)24(28)29)17(20(26)21(23)27)19(25)14-7-4-3-5-8-14/h3-10,13,18,25H,11-12H2,1-2H3/b19-17+/t18-/m1/s1. The second kappa shape index (κ2) is 8.24. The number of carbonyl (C=O) groups is 2. The number of hydrogen-bond acceptors (Lipinski definition) is 6. The molecule has 8 heteroatoms. The minimum atomic E-state index is -0.907. The third-order valence-electron chi connectivity index (χ3n) is 4.77. The molecule has 2 aromatic rings. The summed E-state index contributed by atoms with van der Waals surface area (Å²) in [7, 11) is 3.67. The van der Waals surface area contributed by atoms with Crippen LogP contribution in [0, 0.1) is 10.1 Å². The summed E-state index contributed by atoms with van der Waals surface area (Å²) in [6, 6.07) is 13.3. The molecular formula is C21H21N3O5. The van der Waals surface area contributed by atoms with Gasteiger partial charge in [-0.05, 0) is 19.7 Å². The Bertz CT molecular complexity index is 985. The van der Waals surface area contributed by atoms with E-state index >= 15 is 0 Å². The van der Waals surface area contributed by atoms with Crippen molar-refractivity contribution in [1.82, 2.24) is 9.80 Å². The number of hydrogen-bond donors (Lipinski definition) is 1. The fourth-order valence-electron chi connectivity index (χ4n) is 3.32. The number of nitro benzene ring substituents is 1. The summed E-state index contributed by atoms with van der Waals surface area (Å²) in [5.41, 5.74) is 0.573. The number of aliphatic hydroxyl groups is 1. The number of rotatable bonds is 6. The van der Waals surface area contributed by atoms with Crippen LogP contribution >= 0.6 is 0 Å². The first kappa shape index (κ1) is 20.2. The quantitative estimate of drug-likeness (QED) is 0.265. The summed E-state index contributed by atoms with van der Waals surface area (Å²) in [5.74, 6) is -1.84. The highest BCUT2D eigenvalue weighted by molar-refractivity contribution is 6.46. The number of non-ortho nitro benzene ring substituents is 1. The van der Waals surface area contributed by atoms with Gasteiger partial charge in [0.05, 0.1) is 16.5 Å². The predicted molar refractivity (Wildman–Crippen MR) is 107 cm³/mol. The van der Waals surface area contributed by atoms with Gasteiger partial charge >= 0.3 is 0 Å². The summed E-state index contributed by atoms with van der Waals surface area (Å²) in [5, 5.41) is 22.1. The van der Waals surface area contributed by atoms with Gasteiger partial charge in [-0.2, -0.15) is 0 Å². The Balaban J connectivity index is 2.17. The van der Waals surface area contributed by atoms with Crippen molar-refractivity contribution in [1.29, 1.82) is 0 Å². The molecule has 0 saturated carbocycles. The molecule has 0 aliphatic carbocycles. The molecule has 3 rings (SSSR count). The van der Waals surface area contributed by atoms with Gasteiger partial charge in [-0.15, -0.1) is 0 Å². The lowest BCUT2D eigenvalue weighted by Gasteiger charge is -2.26. The van der Waals surface area contributed by atoms with E-state index in [-0.39, 0.29) is 23.6 Å². The molecule has 0 radical (unpaired) electrons. The van der Waals surface area contributed by atoms with Crippen LogP contribution in [0.15, 0.2) is 60.2 Å². The van der Waals surface area contributed by atoms with Crippen LogP contribution in [-0.4, -0.2) is 58.7 Å². The van der Waals surface area contributed by atoms with Crippen molar-refractivity contribution >= 4 is 23.1 Å². The molecule has 1 heterocycles. The van der Waals surface area contributed by atoms with Crippen molar-refractivity contribution in [3.63, 3.8) is 0 Å². The van der Waals surface area contributed by atoms with Crippen LogP contribution in [0.5, 0.6) is 0 Å². The van der Waals surface area contributed by atoms with Gasteiger partial charge in [0.1, 0.15) is 5.76 Å². The molecule has 150 valence electrons. The second-order valence-corrected chi connectivity index (χ2v) is 7.01. The van der Waals surface area contributed by atoms with Gasteiger partial charge in [0.15, 0.2) is 0 Å². The summed E-state index contributed by atoms with van der Waals surface area (Å²) in [4.78, 5) is 39.5. The van der Waals surface area contributed by atoms with Gasteiger partial charge in [0.25, 0.3) is 17.4 Å². The Labute approximate surface area is 167 Å². The smallest absolute Gasteiger partial charge is 0.295 e. The van der Waals surface area contributed by atoms with E-state index in [0.717, 1.165) is 0 Å². The number of likely N-dealkylation sites (tertiary alicyclic amines) is 1. The van der Waals surface area contributed by atoms with E-state index in [9.17, 15) is 24.8 Å². The Kier molecular flexibility index (Phi) is 5.74. The van der Waals surface area contributed by atoms with Gasteiger partial charge in [-0.3, -0.25) is 19.7 Å². The van der Waals surface area contributed by atoms with E-state index in [2.05, 4.69) is 0 Å². The lowest BCUT2D eigenvalue weighted by atomic mass is 9.95. The van der Waals surface area contributed by atoms with Crippen LogP contribution in [0.1, 0.15) is 17.2 Å². The maximum atomic E-state index is 12.8. The lowest BCUT2D eigenvalue weighted by Crippen LogP contribution is -2.35. The first-order valence-corrected chi connectivity index (χ1v) is 9.04. The average Bonchev–Trinajstić information content (AvgIpc) is 2.97. The van der Waals surface area contributed by atoms with Gasteiger partial charge in [0, 0.05) is 30.8 Å². The van der Waals surface area contributed by atoms with Crippen LogP contribution in [0.3, 0.4) is 0 Å². The number of aliphatic hydroxyl groups excluding tert-OH is 1. The maximum Gasteiger partial charge on any atom is 0.295 e. The first-order valence-electron chi connectivity index (χ1n) is 9.04. The highest BCUT2D eigenvalue weighted by atomic mass is 16.6. The van der Waals surface area contributed by atoms with E-state index in [1.807, 2.05) is 19.0 Å². The van der Waals surface area contributed by atoms with Crippen molar-refractivity contribution < 1.29 is 19.6 Å². The average molecular weight is 395 g/mol. The van der Waals surface area contributed by atoms with Crippen molar-refractivity contribution in [3.8, 4) is 0 Å². The molecule has 29 heavy (non-hydrogen) atoms. The largest absolute Gasteiger partial charge is 0.507 e. The molecular weight excluding hydrogens is 374 g/mol. The number of amides is 1. The van der Waals surface area contributed by atoms with Crippen molar-refractivity contribution in [2.75, 3.05) is 27.2 Å². The summed E-state index contributed by atoms with van der Waals surface area (Å²) < 4.78 is 0. The molecule has 8 nitrogen and oxygen atoms in total. The fourth-order valence-corrected chi connectivity index (χ4v) is 3.32. The summed E-state index contributed by atoms with van der Waals surface area (Å²) in [6.07, 6.45) is 0. The zero-order valence-corrected chi connectivity index (χ0v) is 16.1. The number of benzene rings is 2. The van der Waals surface area contributed by atoms with Gasteiger partial charge in [-0.1, -0.05) is 42.5 Å². The monoisotopic (exact) mass is 395 g/mol. The molecule has 1 N–H and O–H groups in total. The van der Waals surface area contributed by atoms with Crippen molar-refractivity contribution in [3.05, 3.63) is 81.4 Å². The lowest BCUT2D eigenvalue weighted by molar-refractivity contribution is -0.384. The van der Waals surface area contributed by atoms with E-state index in [4.69, 9.17) is 0 Å². The van der Waals surface area contributed by atoms with Crippen LogP contribution < -0.4 is 0 Å². The molecule has 0 bridgehead atoms. The van der Waals surface area contributed by atoms with Crippen LogP contribution in [0.2, 0.25) is 0 Å². The number of nitrogens with zero attached hydrogens (tertiary/aromatic N) is 3. The van der Waals surface area contributed by atoms with Gasteiger partial charge in [0.2, 0.25) is 0 Å². The normalized spacial score (nSPS) is 18.4. The molecule has 1 amide bonds. The van der Waals surface area contributed by atoms with Crippen molar-refractivity contribution in [2.24, 2.45) is 0 Å². The minimum absolute atomic E-state index is 0.0690. The second-order valence-electron chi connectivity index (χ2n) is 7.01. The fraction of sp³-hybridized carbons (Fsp3) is 0.238.